The smallest absolute Gasteiger partial charge is 0.259 e. The number of rotatable bonds is 5. The van der Waals surface area contributed by atoms with Gasteiger partial charge in [0.15, 0.2) is 0 Å². The molecule has 0 aliphatic carbocycles. The quantitative estimate of drug-likeness (QED) is 0.837. The summed E-state index contributed by atoms with van der Waals surface area (Å²) in [6.07, 6.45) is 3.63. The van der Waals surface area contributed by atoms with E-state index in [1.165, 1.54) is 7.11 Å². The first-order valence-electron chi connectivity index (χ1n) is 8.52. The van der Waals surface area contributed by atoms with E-state index in [2.05, 4.69) is 9.97 Å². The van der Waals surface area contributed by atoms with Gasteiger partial charge in [0.25, 0.3) is 5.91 Å². The average molecular weight is 341 g/mol. The second-order valence-electron chi connectivity index (χ2n) is 6.25. The number of piperidine rings is 1. The van der Waals surface area contributed by atoms with Gasteiger partial charge in [-0.1, -0.05) is 6.07 Å². The molecule has 0 saturated carbocycles. The van der Waals surface area contributed by atoms with Crippen molar-refractivity contribution in [3.63, 3.8) is 0 Å². The van der Waals surface area contributed by atoms with Crippen LogP contribution in [0.3, 0.4) is 0 Å². The highest BCUT2D eigenvalue weighted by Crippen LogP contribution is 2.22. The second kappa shape index (κ2) is 7.96. The molecule has 0 radical (unpaired) electrons. The van der Waals surface area contributed by atoms with Crippen molar-refractivity contribution in [1.82, 2.24) is 14.9 Å². The molecule has 1 aliphatic heterocycles. The van der Waals surface area contributed by atoms with E-state index in [1.807, 2.05) is 30.0 Å². The van der Waals surface area contributed by atoms with Crippen molar-refractivity contribution in [2.45, 2.75) is 19.8 Å². The Morgan fingerprint density at radius 3 is 3.00 bits per heavy atom. The van der Waals surface area contributed by atoms with Crippen LogP contribution in [0.1, 0.15) is 28.9 Å². The molecule has 2 aromatic rings. The van der Waals surface area contributed by atoms with Crippen LogP contribution in [-0.2, 0) is 0 Å². The number of carbonyl (C=O) groups is 1. The number of pyridine rings is 2. The van der Waals surface area contributed by atoms with E-state index in [-0.39, 0.29) is 5.91 Å². The summed E-state index contributed by atoms with van der Waals surface area (Å²) in [5.41, 5.74) is 1.44. The SMILES string of the molecule is COc1ncccc1C(=O)N1CCCC(COc2cccc(C)n2)C1. The Hall–Kier alpha value is -2.63. The lowest BCUT2D eigenvalue weighted by molar-refractivity contribution is 0.0627. The molecule has 6 heteroatoms. The number of amides is 1. The van der Waals surface area contributed by atoms with Gasteiger partial charge in [0.1, 0.15) is 5.56 Å². The normalized spacial score (nSPS) is 17.2. The van der Waals surface area contributed by atoms with Crippen molar-refractivity contribution in [2.24, 2.45) is 5.92 Å². The van der Waals surface area contributed by atoms with Crippen molar-refractivity contribution in [2.75, 3.05) is 26.8 Å². The topological polar surface area (TPSA) is 64.5 Å². The van der Waals surface area contributed by atoms with Gasteiger partial charge in [0, 0.05) is 37.0 Å². The molecular weight excluding hydrogens is 318 g/mol. The number of nitrogens with zero attached hydrogens (tertiary/aromatic N) is 3. The molecular formula is C19H23N3O3. The number of aromatic nitrogens is 2. The molecule has 1 unspecified atom stereocenters. The summed E-state index contributed by atoms with van der Waals surface area (Å²) in [5.74, 6) is 1.26. The van der Waals surface area contributed by atoms with E-state index >= 15 is 0 Å². The molecule has 1 atom stereocenters. The van der Waals surface area contributed by atoms with Crippen LogP contribution in [-0.4, -0.2) is 47.6 Å². The molecule has 0 aromatic carbocycles. The second-order valence-corrected chi connectivity index (χ2v) is 6.25. The Bertz CT molecular complexity index is 735. The zero-order chi connectivity index (χ0) is 17.6. The van der Waals surface area contributed by atoms with Gasteiger partial charge >= 0.3 is 0 Å². The van der Waals surface area contributed by atoms with E-state index in [9.17, 15) is 4.79 Å². The molecule has 1 aliphatic rings. The molecule has 1 saturated heterocycles. The van der Waals surface area contributed by atoms with Gasteiger partial charge in [0.2, 0.25) is 11.8 Å². The molecule has 0 bridgehead atoms. The fourth-order valence-corrected chi connectivity index (χ4v) is 3.07. The summed E-state index contributed by atoms with van der Waals surface area (Å²) in [5, 5.41) is 0. The van der Waals surface area contributed by atoms with Crippen molar-refractivity contribution in [3.05, 3.63) is 47.8 Å². The Kier molecular flexibility index (Phi) is 5.48. The first-order valence-corrected chi connectivity index (χ1v) is 8.52. The van der Waals surface area contributed by atoms with E-state index in [0.717, 1.165) is 25.1 Å². The Labute approximate surface area is 147 Å². The summed E-state index contributed by atoms with van der Waals surface area (Å²) < 4.78 is 11.0. The molecule has 6 nitrogen and oxygen atoms in total. The summed E-state index contributed by atoms with van der Waals surface area (Å²) in [7, 11) is 1.53. The summed E-state index contributed by atoms with van der Waals surface area (Å²) in [6.45, 7) is 3.92. The molecule has 25 heavy (non-hydrogen) atoms. The van der Waals surface area contributed by atoms with Gasteiger partial charge in [-0.3, -0.25) is 4.79 Å². The third-order valence-electron chi connectivity index (χ3n) is 4.33. The third kappa shape index (κ3) is 4.26. The number of hydrogen-bond acceptors (Lipinski definition) is 5. The van der Waals surface area contributed by atoms with Crippen molar-refractivity contribution in [3.8, 4) is 11.8 Å². The van der Waals surface area contributed by atoms with Crippen LogP contribution in [0.25, 0.3) is 0 Å². The van der Waals surface area contributed by atoms with Crippen LogP contribution >= 0.6 is 0 Å². The van der Waals surface area contributed by atoms with Crippen LogP contribution in [0.5, 0.6) is 11.8 Å². The van der Waals surface area contributed by atoms with Gasteiger partial charge in [-0.25, -0.2) is 9.97 Å². The highest BCUT2D eigenvalue weighted by atomic mass is 16.5. The average Bonchev–Trinajstić information content (AvgIpc) is 2.66. The van der Waals surface area contributed by atoms with E-state index < -0.39 is 0 Å². The lowest BCUT2D eigenvalue weighted by atomic mass is 9.98. The maximum Gasteiger partial charge on any atom is 0.259 e. The minimum Gasteiger partial charge on any atom is -0.480 e. The summed E-state index contributed by atoms with van der Waals surface area (Å²) >= 11 is 0. The zero-order valence-electron chi connectivity index (χ0n) is 14.6. The van der Waals surface area contributed by atoms with Gasteiger partial charge in [0.05, 0.1) is 13.7 Å². The molecule has 132 valence electrons. The van der Waals surface area contributed by atoms with Crippen LogP contribution in [0, 0.1) is 12.8 Å². The lowest BCUT2D eigenvalue weighted by Crippen LogP contribution is -2.41. The van der Waals surface area contributed by atoms with Gasteiger partial charge in [-0.05, 0) is 38.0 Å². The van der Waals surface area contributed by atoms with Crippen LogP contribution < -0.4 is 9.47 Å². The fourth-order valence-electron chi connectivity index (χ4n) is 3.07. The van der Waals surface area contributed by atoms with Crippen molar-refractivity contribution < 1.29 is 14.3 Å². The third-order valence-corrected chi connectivity index (χ3v) is 4.33. The molecule has 1 amide bonds. The van der Waals surface area contributed by atoms with Crippen molar-refractivity contribution >= 4 is 5.91 Å². The minimum atomic E-state index is -0.0386. The number of ether oxygens (including phenoxy) is 2. The number of aryl methyl sites for hydroxylation is 1. The van der Waals surface area contributed by atoms with Gasteiger partial charge in [-0.2, -0.15) is 0 Å². The largest absolute Gasteiger partial charge is 0.480 e. The zero-order valence-corrected chi connectivity index (χ0v) is 14.6. The first-order chi connectivity index (χ1) is 12.2. The number of likely N-dealkylation sites (tertiary alicyclic amines) is 1. The first kappa shape index (κ1) is 17.2. The number of methoxy groups -OCH3 is 1. The Morgan fingerprint density at radius 2 is 2.20 bits per heavy atom. The lowest BCUT2D eigenvalue weighted by Gasteiger charge is -2.32. The molecule has 0 N–H and O–H groups in total. The molecule has 1 fully saturated rings. The van der Waals surface area contributed by atoms with E-state index in [1.54, 1.807) is 18.3 Å². The predicted molar refractivity (Wildman–Crippen MR) is 93.9 cm³/mol. The van der Waals surface area contributed by atoms with Crippen molar-refractivity contribution in [1.29, 1.82) is 0 Å². The van der Waals surface area contributed by atoms with E-state index in [4.69, 9.17) is 9.47 Å². The highest BCUT2D eigenvalue weighted by Gasteiger charge is 2.27. The molecule has 2 aromatic heterocycles. The van der Waals surface area contributed by atoms with E-state index in [0.29, 0.717) is 36.4 Å². The van der Waals surface area contributed by atoms with Crippen LogP contribution in [0.2, 0.25) is 0 Å². The predicted octanol–water partition coefficient (Wildman–Crippen LogP) is 2.72. The van der Waals surface area contributed by atoms with Crippen LogP contribution in [0.15, 0.2) is 36.5 Å². The highest BCUT2D eigenvalue weighted by molar-refractivity contribution is 5.96. The maximum absolute atomic E-state index is 12.8. The fraction of sp³-hybridized carbons (Fsp3) is 0.421. The monoisotopic (exact) mass is 341 g/mol. The number of hydrogen-bond donors (Lipinski definition) is 0. The minimum absolute atomic E-state index is 0.0386. The summed E-state index contributed by atoms with van der Waals surface area (Å²) in [4.78, 5) is 23.1. The Morgan fingerprint density at radius 1 is 1.32 bits per heavy atom. The summed E-state index contributed by atoms with van der Waals surface area (Å²) in [6, 6.07) is 9.24. The number of carbonyl (C=O) groups excluding carboxylic acids is 1. The maximum atomic E-state index is 12.8. The molecule has 3 rings (SSSR count). The molecule has 3 heterocycles. The standard InChI is InChI=1S/C19H23N3O3/c1-14-6-3-9-17(21-14)25-13-15-7-5-11-22(12-15)19(23)16-8-4-10-20-18(16)24-2/h3-4,6,8-10,15H,5,7,11-13H2,1-2H3. The van der Waals surface area contributed by atoms with Gasteiger partial charge < -0.3 is 14.4 Å². The Balaban J connectivity index is 1.61. The van der Waals surface area contributed by atoms with Gasteiger partial charge in [-0.15, -0.1) is 0 Å². The molecule has 0 spiro atoms. The van der Waals surface area contributed by atoms with Crippen LogP contribution in [0.4, 0.5) is 0 Å².